The molecule has 0 spiro atoms. The quantitative estimate of drug-likeness (QED) is 0.762. The van der Waals surface area contributed by atoms with Gasteiger partial charge in [0.25, 0.3) is 11.8 Å². The third kappa shape index (κ3) is 2.68. The van der Waals surface area contributed by atoms with Gasteiger partial charge >= 0.3 is 0 Å². The van der Waals surface area contributed by atoms with Crippen LogP contribution in [-0.2, 0) is 9.59 Å². The second kappa shape index (κ2) is 6.32. The molecule has 0 unspecified atom stereocenters. The number of nitrogens with zero attached hydrogens (tertiary/aromatic N) is 2. The Kier molecular flexibility index (Phi) is 4.13. The Hall–Kier alpha value is -2.11. The van der Waals surface area contributed by atoms with Crippen molar-refractivity contribution in [3.8, 4) is 0 Å². The largest absolute Gasteiger partial charge is 0.366 e. The molecule has 0 N–H and O–H groups in total. The van der Waals surface area contributed by atoms with Gasteiger partial charge < -0.3 is 4.90 Å². The van der Waals surface area contributed by atoms with Gasteiger partial charge in [0.15, 0.2) is 0 Å². The lowest BCUT2D eigenvalue weighted by atomic mass is 10.1. The lowest BCUT2D eigenvalue weighted by molar-refractivity contribution is -0.120. The molecule has 2 aliphatic rings. The summed E-state index contributed by atoms with van der Waals surface area (Å²) in [6, 6.07) is 9.08. The summed E-state index contributed by atoms with van der Waals surface area (Å²) in [5.74, 6) is -0.514. The molecule has 0 atom stereocenters. The van der Waals surface area contributed by atoms with Crippen molar-refractivity contribution in [1.29, 1.82) is 0 Å². The summed E-state index contributed by atoms with van der Waals surface area (Å²) in [6.45, 7) is 3.50. The van der Waals surface area contributed by atoms with E-state index >= 15 is 0 Å². The maximum Gasteiger partial charge on any atom is 0.282 e. The van der Waals surface area contributed by atoms with Crippen molar-refractivity contribution in [3.63, 3.8) is 0 Å². The first-order valence-electron chi connectivity index (χ1n) is 8.26. The van der Waals surface area contributed by atoms with Crippen LogP contribution in [0.15, 0.2) is 41.4 Å². The van der Waals surface area contributed by atoms with Crippen LogP contribution in [0.1, 0.15) is 23.3 Å². The molecule has 128 valence electrons. The molecule has 2 aromatic rings. The number of carbonyl (C=O) groups excluding carboxylic acids is 2. The predicted octanol–water partition coefficient (Wildman–Crippen LogP) is 4.09. The van der Waals surface area contributed by atoms with E-state index < -0.39 is 0 Å². The zero-order valence-corrected chi connectivity index (χ0v) is 15.4. The molecular formula is C19H17ClN2O2S. The van der Waals surface area contributed by atoms with E-state index in [0.29, 0.717) is 22.0 Å². The van der Waals surface area contributed by atoms with E-state index in [-0.39, 0.29) is 11.8 Å². The number of hydrogen-bond acceptors (Lipinski definition) is 4. The van der Waals surface area contributed by atoms with Crippen LogP contribution >= 0.6 is 22.9 Å². The number of benzene rings is 1. The van der Waals surface area contributed by atoms with Gasteiger partial charge in [-0.2, -0.15) is 0 Å². The first-order chi connectivity index (χ1) is 12.1. The molecule has 0 aliphatic carbocycles. The third-order valence-corrected chi connectivity index (χ3v) is 5.78. The van der Waals surface area contributed by atoms with Crippen molar-refractivity contribution < 1.29 is 9.59 Å². The number of thiophene rings is 1. The van der Waals surface area contributed by atoms with E-state index in [1.54, 1.807) is 12.1 Å². The predicted molar refractivity (Wildman–Crippen MR) is 101 cm³/mol. The SMILES string of the molecule is Cc1ccc(Cl)cc1N1C(=O)C(c2cccs2)=C(N2CCCC2)C1=O. The molecule has 0 saturated carbocycles. The van der Waals surface area contributed by atoms with Gasteiger partial charge in [0.05, 0.1) is 11.3 Å². The Balaban J connectivity index is 1.85. The monoisotopic (exact) mass is 372 g/mol. The summed E-state index contributed by atoms with van der Waals surface area (Å²) in [6.07, 6.45) is 2.08. The fourth-order valence-electron chi connectivity index (χ4n) is 3.44. The lowest BCUT2D eigenvalue weighted by Crippen LogP contribution is -2.35. The smallest absolute Gasteiger partial charge is 0.282 e. The molecule has 1 fully saturated rings. The normalized spacial score (nSPS) is 18.0. The fourth-order valence-corrected chi connectivity index (χ4v) is 4.37. The van der Waals surface area contributed by atoms with Crippen LogP contribution in [0.5, 0.6) is 0 Å². The summed E-state index contributed by atoms with van der Waals surface area (Å²) in [5.41, 5.74) is 2.45. The van der Waals surface area contributed by atoms with E-state index in [9.17, 15) is 9.59 Å². The Morgan fingerprint density at radius 2 is 1.84 bits per heavy atom. The minimum atomic E-state index is -0.264. The standard InChI is InChI=1S/C19H17ClN2O2S/c1-12-6-7-13(20)11-14(12)22-18(23)16(15-5-4-10-25-15)17(19(22)24)21-8-2-3-9-21/h4-7,10-11H,2-3,8-9H2,1H3. The Morgan fingerprint density at radius 1 is 1.08 bits per heavy atom. The van der Waals surface area contributed by atoms with Gasteiger partial charge in [-0.25, -0.2) is 4.90 Å². The molecule has 2 amide bonds. The lowest BCUT2D eigenvalue weighted by Gasteiger charge is -2.21. The summed E-state index contributed by atoms with van der Waals surface area (Å²) >= 11 is 7.60. The number of likely N-dealkylation sites (tertiary alicyclic amines) is 1. The second-order valence-corrected chi connectivity index (χ2v) is 7.66. The van der Waals surface area contributed by atoms with Crippen molar-refractivity contribution in [2.24, 2.45) is 0 Å². The highest BCUT2D eigenvalue weighted by atomic mass is 35.5. The molecule has 4 nitrogen and oxygen atoms in total. The molecule has 25 heavy (non-hydrogen) atoms. The van der Waals surface area contributed by atoms with Crippen molar-refractivity contribution in [3.05, 3.63) is 56.9 Å². The molecule has 1 aromatic heterocycles. The Bertz CT molecular complexity index is 883. The summed E-state index contributed by atoms with van der Waals surface area (Å²) in [4.78, 5) is 30.6. The average Bonchev–Trinajstić information content (AvgIpc) is 3.31. The minimum absolute atomic E-state index is 0.249. The summed E-state index contributed by atoms with van der Waals surface area (Å²) in [7, 11) is 0. The van der Waals surface area contributed by atoms with Gasteiger partial charge in [-0.1, -0.05) is 23.7 Å². The third-order valence-electron chi connectivity index (χ3n) is 4.66. The molecule has 4 rings (SSSR count). The van der Waals surface area contributed by atoms with Gasteiger partial charge in [0.1, 0.15) is 5.70 Å². The molecular weight excluding hydrogens is 356 g/mol. The zero-order valence-electron chi connectivity index (χ0n) is 13.8. The molecule has 0 bridgehead atoms. The van der Waals surface area contributed by atoms with Crippen LogP contribution in [0.25, 0.3) is 5.57 Å². The van der Waals surface area contributed by atoms with E-state index in [0.717, 1.165) is 36.4 Å². The number of halogens is 1. The van der Waals surface area contributed by atoms with Crippen molar-refractivity contribution in [2.45, 2.75) is 19.8 Å². The van der Waals surface area contributed by atoms with E-state index in [1.165, 1.54) is 16.2 Å². The van der Waals surface area contributed by atoms with Crippen LogP contribution < -0.4 is 4.90 Å². The van der Waals surface area contributed by atoms with Crippen molar-refractivity contribution in [1.82, 2.24) is 4.90 Å². The molecule has 6 heteroatoms. The average molecular weight is 373 g/mol. The van der Waals surface area contributed by atoms with Gasteiger partial charge in [-0.05, 0) is 48.9 Å². The van der Waals surface area contributed by atoms with Gasteiger partial charge in [0.2, 0.25) is 0 Å². The Morgan fingerprint density at radius 3 is 2.52 bits per heavy atom. The Labute approximate surface area is 155 Å². The van der Waals surface area contributed by atoms with Gasteiger partial charge in [-0.3, -0.25) is 9.59 Å². The number of anilines is 1. The van der Waals surface area contributed by atoms with Crippen LogP contribution in [0, 0.1) is 6.92 Å². The highest BCUT2D eigenvalue weighted by Crippen LogP contribution is 2.39. The first kappa shape index (κ1) is 16.4. The number of carbonyl (C=O) groups is 2. The topological polar surface area (TPSA) is 40.6 Å². The van der Waals surface area contributed by atoms with Gasteiger partial charge in [-0.15, -0.1) is 11.3 Å². The van der Waals surface area contributed by atoms with Crippen molar-refractivity contribution >= 4 is 46.0 Å². The molecule has 2 aliphatic heterocycles. The summed E-state index contributed by atoms with van der Waals surface area (Å²) in [5, 5.41) is 2.43. The maximum atomic E-state index is 13.2. The molecule has 1 saturated heterocycles. The molecule has 1 aromatic carbocycles. The van der Waals surface area contributed by atoms with Crippen LogP contribution in [-0.4, -0.2) is 29.8 Å². The van der Waals surface area contributed by atoms with Crippen LogP contribution in [0.2, 0.25) is 5.02 Å². The minimum Gasteiger partial charge on any atom is -0.366 e. The molecule has 0 radical (unpaired) electrons. The molecule has 3 heterocycles. The second-order valence-electron chi connectivity index (χ2n) is 6.27. The highest BCUT2D eigenvalue weighted by Gasteiger charge is 2.43. The maximum absolute atomic E-state index is 13.2. The van der Waals surface area contributed by atoms with Crippen molar-refractivity contribution in [2.75, 3.05) is 18.0 Å². The van der Waals surface area contributed by atoms with E-state index in [2.05, 4.69) is 4.90 Å². The number of imide groups is 1. The van der Waals surface area contributed by atoms with Gasteiger partial charge in [0, 0.05) is 23.0 Å². The zero-order chi connectivity index (χ0) is 17.6. The fraction of sp³-hybridized carbons (Fsp3) is 0.263. The number of hydrogen-bond donors (Lipinski definition) is 0. The van der Waals surface area contributed by atoms with Crippen LogP contribution in [0.4, 0.5) is 5.69 Å². The highest BCUT2D eigenvalue weighted by molar-refractivity contribution is 7.11. The van der Waals surface area contributed by atoms with E-state index in [1.807, 2.05) is 30.5 Å². The number of rotatable bonds is 3. The summed E-state index contributed by atoms with van der Waals surface area (Å²) < 4.78 is 0. The first-order valence-corrected chi connectivity index (χ1v) is 9.51. The number of amides is 2. The van der Waals surface area contributed by atoms with Crippen LogP contribution in [0.3, 0.4) is 0 Å². The van der Waals surface area contributed by atoms with E-state index in [4.69, 9.17) is 11.6 Å². The number of aryl methyl sites for hydroxylation is 1.